The smallest absolute Gasteiger partial charge is 0.387 e. The SMILES string of the molecule is NC1CC(Nc2cccc(OC(F)F)c2)C1. The first kappa shape index (κ1) is 11.1. The van der Waals surface area contributed by atoms with Crippen LogP contribution < -0.4 is 15.8 Å². The fraction of sp³-hybridized carbons (Fsp3) is 0.455. The number of nitrogens with two attached hydrogens (primary N) is 1. The van der Waals surface area contributed by atoms with Crippen molar-refractivity contribution in [1.82, 2.24) is 0 Å². The molecule has 0 aromatic heterocycles. The Hall–Kier alpha value is -1.36. The van der Waals surface area contributed by atoms with Crippen molar-refractivity contribution in [3.05, 3.63) is 24.3 Å². The summed E-state index contributed by atoms with van der Waals surface area (Å²) in [6, 6.07) is 7.18. The first-order valence-corrected chi connectivity index (χ1v) is 5.20. The maximum Gasteiger partial charge on any atom is 0.387 e. The molecule has 1 fully saturated rings. The van der Waals surface area contributed by atoms with E-state index in [1.807, 2.05) is 6.07 Å². The van der Waals surface area contributed by atoms with Crippen molar-refractivity contribution in [2.75, 3.05) is 5.32 Å². The first-order valence-electron chi connectivity index (χ1n) is 5.20. The van der Waals surface area contributed by atoms with Crippen LogP contribution in [0.15, 0.2) is 24.3 Å². The zero-order chi connectivity index (χ0) is 11.5. The fourth-order valence-corrected chi connectivity index (χ4v) is 1.78. The minimum Gasteiger partial charge on any atom is -0.435 e. The van der Waals surface area contributed by atoms with E-state index in [4.69, 9.17) is 5.73 Å². The molecule has 16 heavy (non-hydrogen) atoms. The molecule has 0 saturated heterocycles. The van der Waals surface area contributed by atoms with Crippen molar-refractivity contribution in [3.8, 4) is 5.75 Å². The van der Waals surface area contributed by atoms with E-state index < -0.39 is 6.61 Å². The second-order valence-electron chi connectivity index (χ2n) is 3.98. The monoisotopic (exact) mass is 228 g/mol. The van der Waals surface area contributed by atoms with E-state index in [9.17, 15) is 8.78 Å². The van der Waals surface area contributed by atoms with E-state index in [2.05, 4.69) is 10.1 Å². The van der Waals surface area contributed by atoms with Gasteiger partial charge in [-0.25, -0.2) is 0 Å². The van der Waals surface area contributed by atoms with Crippen LogP contribution in [0, 0.1) is 0 Å². The van der Waals surface area contributed by atoms with Gasteiger partial charge in [0.15, 0.2) is 0 Å². The van der Waals surface area contributed by atoms with Gasteiger partial charge in [-0.15, -0.1) is 0 Å². The van der Waals surface area contributed by atoms with Gasteiger partial charge >= 0.3 is 6.61 Å². The third kappa shape index (κ3) is 2.82. The molecule has 1 aromatic carbocycles. The molecule has 5 heteroatoms. The molecule has 1 aromatic rings. The van der Waals surface area contributed by atoms with Crippen LogP contribution in [-0.2, 0) is 0 Å². The third-order valence-corrected chi connectivity index (χ3v) is 2.60. The molecule has 0 unspecified atom stereocenters. The summed E-state index contributed by atoms with van der Waals surface area (Å²) in [5, 5.41) is 3.22. The molecular formula is C11H14F2N2O. The van der Waals surface area contributed by atoms with E-state index >= 15 is 0 Å². The van der Waals surface area contributed by atoms with E-state index in [0.717, 1.165) is 18.5 Å². The number of halogens is 2. The van der Waals surface area contributed by atoms with Crippen LogP contribution in [0.5, 0.6) is 5.75 Å². The molecule has 3 N–H and O–H groups in total. The number of hydrogen-bond donors (Lipinski definition) is 2. The van der Waals surface area contributed by atoms with Crippen molar-refractivity contribution >= 4 is 5.69 Å². The predicted octanol–water partition coefficient (Wildman–Crippen LogP) is 2.19. The van der Waals surface area contributed by atoms with Crippen LogP contribution in [0.2, 0.25) is 0 Å². The Bertz CT molecular complexity index is 354. The fourth-order valence-electron chi connectivity index (χ4n) is 1.78. The molecule has 0 atom stereocenters. The minimum atomic E-state index is -2.78. The maximum absolute atomic E-state index is 12.0. The summed E-state index contributed by atoms with van der Waals surface area (Å²) in [6.07, 6.45) is 1.83. The summed E-state index contributed by atoms with van der Waals surface area (Å²) in [5.41, 5.74) is 6.44. The van der Waals surface area contributed by atoms with Crippen molar-refractivity contribution in [2.24, 2.45) is 5.73 Å². The molecule has 3 nitrogen and oxygen atoms in total. The Morgan fingerprint density at radius 3 is 2.75 bits per heavy atom. The van der Waals surface area contributed by atoms with Gasteiger partial charge in [-0.05, 0) is 25.0 Å². The van der Waals surface area contributed by atoms with Gasteiger partial charge in [-0.2, -0.15) is 8.78 Å². The normalized spacial score (nSPS) is 24.0. The highest BCUT2D eigenvalue weighted by Crippen LogP contribution is 2.25. The van der Waals surface area contributed by atoms with Crippen LogP contribution in [0.25, 0.3) is 0 Å². The lowest BCUT2D eigenvalue weighted by Gasteiger charge is -2.33. The number of ether oxygens (including phenoxy) is 1. The lowest BCUT2D eigenvalue weighted by molar-refractivity contribution is -0.0498. The van der Waals surface area contributed by atoms with Crippen LogP contribution >= 0.6 is 0 Å². The topological polar surface area (TPSA) is 47.3 Å². The molecule has 0 amide bonds. The summed E-state index contributed by atoms with van der Waals surface area (Å²) < 4.78 is 28.3. The average molecular weight is 228 g/mol. The highest BCUT2D eigenvalue weighted by atomic mass is 19.3. The molecular weight excluding hydrogens is 214 g/mol. The minimum absolute atomic E-state index is 0.170. The van der Waals surface area contributed by atoms with Crippen molar-refractivity contribution in [3.63, 3.8) is 0 Å². The summed E-state index contributed by atoms with van der Waals surface area (Å²) in [7, 11) is 0. The van der Waals surface area contributed by atoms with Gasteiger partial charge in [0.1, 0.15) is 5.75 Å². The Labute approximate surface area is 92.6 Å². The van der Waals surface area contributed by atoms with Crippen LogP contribution in [0.3, 0.4) is 0 Å². The Balaban J connectivity index is 1.93. The van der Waals surface area contributed by atoms with Gasteiger partial charge in [0.25, 0.3) is 0 Å². The highest BCUT2D eigenvalue weighted by Gasteiger charge is 2.25. The molecule has 0 radical (unpaired) electrons. The van der Waals surface area contributed by atoms with Gasteiger partial charge in [-0.3, -0.25) is 0 Å². The lowest BCUT2D eigenvalue weighted by Crippen LogP contribution is -2.44. The van der Waals surface area contributed by atoms with Crippen LogP contribution in [0.1, 0.15) is 12.8 Å². The molecule has 0 bridgehead atoms. The quantitative estimate of drug-likeness (QED) is 0.830. The zero-order valence-electron chi connectivity index (χ0n) is 8.70. The first-order chi connectivity index (χ1) is 7.63. The average Bonchev–Trinajstić information content (AvgIpc) is 2.15. The van der Waals surface area contributed by atoms with E-state index in [1.165, 1.54) is 6.07 Å². The van der Waals surface area contributed by atoms with E-state index in [0.29, 0.717) is 6.04 Å². The lowest BCUT2D eigenvalue weighted by atomic mass is 9.87. The summed E-state index contributed by atoms with van der Waals surface area (Å²) in [4.78, 5) is 0. The molecule has 1 aliphatic rings. The molecule has 2 rings (SSSR count). The van der Waals surface area contributed by atoms with Gasteiger partial charge in [-0.1, -0.05) is 6.07 Å². The predicted molar refractivity (Wildman–Crippen MR) is 57.7 cm³/mol. The third-order valence-electron chi connectivity index (χ3n) is 2.60. The van der Waals surface area contributed by atoms with Crippen LogP contribution in [-0.4, -0.2) is 18.7 Å². The number of benzene rings is 1. The molecule has 0 spiro atoms. The van der Waals surface area contributed by atoms with Crippen molar-refractivity contribution in [1.29, 1.82) is 0 Å². The van der Waals surface area contributed by atoms with Crippen molar-refractivity contribution in [2.45, 2.75) is 31.5 Å². The largest absolute Gasteiger partial charge is 0.435 e. The summed E-state index contributed by atoms with van der Waals surface area (Å²) >= 11 is 0. The Morgan fingerprint density at radius 1 is 1.38 bits per heavy atom. The van der Waals surface area contributed by atoms with Gasteiger partial charge < -0.3 is 15.8 Å². The van der Waals surface area contributed by atoms with E-state index in [1.54, 1.807) is 12.1 Å². The second-order valence-corrected chi connectivity index (χ2v) is 3.98. The molecule has 0 heterocycles. The van der Waals surface area contributed by atoms with Gasteiger partial charge in [0.2, 0.25) is 0 Å². The van der Waals surface area contributed by atoms with Gasteiger partial charge in [0, 0.05) is 23.8 Å². The summed E-state index contributed by atoms with van der Waals surface area (Å²) in [5.74, 6) is 0.170. The number of alkyl halides is 2. The second kappa shape index (κ2) is 4.65. The molecule has 1 saturated carbocycles. The number of rotatable bonds is 4. The van der Waals surface area contributed by atoms with Crippen molar-refractivity contribution < 1.29 is 13.5 Å². The Morgan fingerprint density at radius 2 is 2.12 bits per heavy atom. The number of nitrogens with one attached hydrogen (secondary N) is 1. The van der Waals surface area contributed by atoms with Gasteiger partial charge in [0.05, 0.1) is 0 Å². The molecule has 88 valence electrons. The van der Waals surface area contributed by atoms with E-state index in [-0.39, 0.29) is 11.8 Å². The maximum atomic E-state index is 12.0. The van der Waals surface area contributed by atoms with Crippen LogP contribution in [0.4, 0.5) is 14.5 Å². The zero-order valence-corrected chi connectivity index (χ0v) is 8.70. The number of anilines is 1. The Kier molecular flexibility index (Phi) is 3.24. The molecule has 1 aliphatic carbocycles. The standard InChI is InChI=1S/C11H14F2N2O/c12-11(13)16-10-3-1-2-8(6-10)15-9-4-7(14)5-9/h1-3,6-7,9,11,15H,4-5,14H2. The molecule has 0 aliphatic heterocycles. The highest BCUT2D eigenvalue weighted by molar-refractivity contribution is 5.49. The summed E-state index contributed by atoms with van der Waals surface area (Å²) in [6.45, 7) is -2.78. The number of hydrogen-bond acceptors (Lipinski definition) is 3.